The van der Waals surface area contributed by atoms with Crippen LogP contribution in [0.15, 0.2) is 90.0 Å². The number of rotatable bonds is 6. The Morgan fingerprint density at radius 1 is 1.04 bits per heavy atom. The summed E-state index contributed by atoms with van der Waals surface area (Å²) in [5.74, 6) is 0.547. The van der Waals surface area contributed by atoms with E-state index < -0.39 is 0 Å². The van der Waals surface area contributed by atoms with Gasteiger partial charge in [-0.1, -0.05) is 98.3 Å². The first kappa shape index (κ1) is 20.1. The van der Waals surface area contributed by atoms with Crippen molar-refractivity contribution in [2.75, 3.05) is 0 Å². The second-order valence-corrected chi connectivity index (χ2v) is 7.81. The van der Waals surface area contributed by atoms with Crippen LogP contribution < -0.4 is 0 Å². The molecule has 0 N–H and O–H groups in total. The first-order chi connectivity index (χ1) is 13.6. The summed E-state index contributed by atoms with van der Waals surface area (Å²) in [4.78, 5) is 0. The van der Waals surface area contributed by atoms with Crippen molar-refractivity contribution in [2.45, 2.75) is 47.0 Å². The molecule has 144 valence electrons. The van der Waals surface area contributed by atoms with Gasteiger partial charge in [-0.15, -0.1) is 0 Å². The Morgan fingerprint density at radius 2 is 1.75 bits per heavy atom. The van der Waals surface area contributed by atoms with Gasteiger partial charge in [-0.2, -0.15) is 0 Å². The molecular formula is C28H32. The molecule has 3 rings (SSSR count). The summed E-state index contributed by atoms with van der Waals surface area (Å²) in [7, 11) is 0. The maximum absolute atomic E-state index is 2.40. The second kappa shape index (κ2) is 9.55. The molecule has 0 fully saturated rings. The van der Waals surface area contributed by atoms with Crippen LogP contribution in [0, 0.1) is 12.8 Å². The minimum absolute atomic E-state index is 0.547. The monoisotopic (exact) mass is 368 g/mol. The first-order valence-corrected chi connectivity index (χ1v) is 10.5. The highest BCUT2D eigenvalue weighted by atomic mass is 14.2. The summed E-state index contributed by atoms with van der Waals surface area (Å²) >= 11 is 0. The Balaban J connectivity index is 2.03. The maximum Gasteiger partial charge on any atom is -0.0124 e. The van der Waals surface area contributed by atoms with Crippen LogP contribution in [0.3, 0.4) is 0 Å². The standard InChI is InChI=1S/C28H32/c1-5-21(2)28-25(20-19-22(3)24-14-7-6-8-15-24)16-10-12-18-27(28)26-17-11-9-13-23(26)4/h6-15,17-19,21H,5,16,20H2,1-4H3/b22-19+. The van der Waals surface area contributed by atoms with Crippen LogP contribution in [-0.2, 0) is 0 Å². The van der Waals surface area contributed by atoms with E-state index in [1.54, 1.807) is 11.1 Å². The zero-order valence-corrected chi connectivity index (χ0v) is 17.7. The molecule has 1 atom stereocenters. The van der Waals surface area contributed by atoms with Crippen LogP contribution in [0.2, 0.25) is 0 Å². The molecular weight excluding hydrogens is 336 g/mol. The van der Waals surface area contributed by atoms with Gasteiger partial charge in [0, 0.05) is 0 Å². The Labute approximate surface area is 171 Å². The van der Waals surface area contributed by atoms with Gasteiger partial charge in [0.2, 0.25) is 0 Å². The smallest absolute Gasteiger partial charge is 0.0124 e. The molecule has 0 amide bonds. The van der Waals surface area contributed by atoms with Gasteiger partial charge < -0.3 is 0 Å². The molecule has 0 radical (unpaired) electrons. The van der Waals surface area contributed by atoms with E-state index in [9.17, 15) is 0 Å². The topological polar surface area (TPSA) is 0 Å². The molecule has 2 aromatic carbocycles. The summed E-state index contributed by atoms with van der Waals surface area (Å²) in [5.41, 5.74) is 9.87. The average molecular weight is 369 g/mol. The van der Waals surface area contributed by atoms with Gasteiger partial charge in [-0.05, 0) is 72.4 Å². The van der Waals surface area contributed by atoms with Gasteiger partial charge >= 0.3 is 0 Å². The minimum Gasteiger partial charge on any atom is -0.0804 e. The molecule has 2 aromatic rings. The van der Waals surface area contributed by atoms with Crippen LogP contribution in [0.5, 0.6) is 0 Å². The summed E-state index contributed by atoms with van der Waals surface area (Å²) in [6.07, 6.45) is 12.5. The average Bonchev–Trinajstić information content (AvgIpc) is 2.95. The fourth-order valence-corrected chi connectivity index (χ4v) is 3.98. The van der Waals surface area contributed by atoms with E-state index >= 15 is 0 Å². The molecule has 1 aliphatic carbocycles. The summed E-state index contributed by atoms with van der Waals surface area (Å²) < 4.78 is 0. The van der Waals surface area contributed by atoms with E-state index in [1.807, 2.05) is 0 Å². The van der Waals surface area contributed by atoms with Gasteiger partial charge in [-0.3, -0.25) is 0 Å². The predicted octanol–water partition coefficient (Wildman–Crippen LogP) is 8.17. The Morgan fingerprint density at radius 3 is 2.46 bits per heavy atom. The van der Waals surface area contributed by atoms with Crippen LogP contribution in [-0.4, -0.2) is 0 Å². The molecule has 0 saturated carbocycles. The van der Waals surface area contributed by atoms with Gasteiger partial charge in [0.1, 0.15) is 0 Å². The molecule has 0 saturated heterocycles. The van der Waals surface area contributed by atoms with Crippen LogP contribution >= 0.6 is 0 Å². The van der Waals surface area contributed by atoms with E-state index in [0.717, 1.165) is 19.3 Å². The molecule has 1 aliphatic rings. The van der Waals surface area contributed by atoms with E-state index in [1.165, 1.54) is 27.8 Å². The second-order valence-electron chi connectivity index (χ2n) is 7.81. The molecule has 0 heterocycles. The Bertz CT molecular complexity index is 920. The van der Waals surface area contributed by atoms with E-state index in [-0.39, 0.29) is 0 Å². The first-order valence-electron chi connectivity index (χ1n) is 10.5. The highest BCUT2D eigenvalue weighted by molar-refractivity contribution is 5.83. The van der Waals surface area contributed by atoms with Crippen LogP contribution in [0.25, 0.3) is 11.1 Å². The summed E-state index contributed by atoms with van der Waals surface area (Å²) in [6.45, 7) is 9.12. The largest absolute Gasteiger partial charge is 0.0804 e. The van der Waals surface area contributed by atoms with Crippen molar-refractivity contribution in [2.24, 2.45) is 5.92 Å². The Kier molecular flexibility index (Phi) is 6.87. The van der Waals surface area contributed by atoms with Crippen molar-refractivity contribution < 1.29 is 0 Å². The molecule has 0 bridgehead atoms. The molecule has 0 aliphatic heterocycles. The molecule has 28 heavy (non-hydrogen) atoms. The quantitative estimate of drug-likeness (QED) is 0.482. The molecule has 1 unspecified atom stereocenters. The number of aryl methyl sites for hydroxylation is 1. The molecule has 0 aromatic heterocycles. The fraction of sp³-hybridized carbons (Fsp3) is 0.286. The van der Waals surface area contributed by atoms with Crippen LogP contribution in [0.4, 0.5) is 0 Å². The van der Waals surface area contributed by atoms with Crippen molar-refractivity contribution >= 4 is 11.1 Å². The predicted molar refractivity (Wildman–Crippen MR) is 124 cm³/mol. The lowest BCUT2D eigenvalue weighted by Gasteiger charge is -2.23. The van der Waals surface area contributed by atoms with Crippen molar-refractivity contribution in [1.82, 2.24) is 0 Å². The number of hydrogen-bond acceptors (Lipinski definition) is 0. The lowest BCUT2D eigenvalue weighted by Crippen LogP contribution is -2.06. The van der Waals surface area contributed by atoms with E-state index in [4.69, 9.17) is 0 Å². The van der Waals surface area contributed by atoms with E-state index in [0.29, 0.717) is 5.92 Å². The van der Waals surface area contributed by atoms with E-state index in [2.05, 4.69) is 107 Å². The minimum atomic E-state index is 0.547. The fourth-order valence-electron chi connectivity index (χ4n) is 3.98. The number of hydrogen-bond donors (Lipinski definition) is 0. The van der Waals surface area contributed by atoms with Gasteiger partial charge in [0.15, 0.2) is 0 Å². The van der Waals surface area contributed by atoms with Gasteiger partial charge in [0.25, 0.3) is 0 Å². The summed E-state index contributed by atoms with van der Waals surface area (Å²) in [6, 6.07) is 19.5. The van der Waals surface area contributed by atoms with Crippen molar-refractivity contribution in [1.29, 1.82) is 0 Å². The Hall–Kier alpha value is -2.60. The third-order valence-electron chi connectivity index (χ3n) is 5.86. The molecule has 0 nitrogen and oxygen atoms in total. The normalized spacial score (nSPS) is 16.0. The van der Waals surface area contributed by atoms with Crippen molar-refractivity contribution in [3.63, 3.8) is 0 Å². The maximum atomic E-state index is 2.40. The third kappa shape index (κ3) is 4.62. The molecule has 0 spiro atoms. The van der Waals surface area contributed by atoms with Gasteiger partial charge in [-0.25, -0.2) is 0 Å². The van der Waals surface area contributed by atoms with Crippen molar-refractivity contribution in [3.05, 3.63) is 107 Å². The zero-order chi connectivity index (χ0) is 19.9. The third-order valence-corrected chi connectivity index (χ3v) is 5.86. The molecule has 0 heteroatoms. The van der Waals surface area contributed by atoms with Crippen LogP contribution in [0.1, 0.15) is 56.7 Å². The highest BCUT2D eigenvalue weighted by Gasteiger charge is 2.20. The lowest BCUT2D eigenvalue weighted by atomic mass is 9.82. The highest BCUT2D eigenvalue weighted by Crippen LogP contribution is 2.38. The van der Waals surface area contributed by atoms with Gasteiger partial charge in [0.05, 0.1) is 0 Å². The lowest BCUT2D eigenvalue weighted by molar-refractivity contribution is 0.663. The zero-order valence-electron chi connectivity index (χ0n) is 17.7. The number of allylic oxidation sites excluding steroid dienone is 8. The number of benzene rings is 2. The van der Waals surface area contributed by atoms with Crippen molar-refractivity contribution in [3.8, 4) is 0 Å². The SMILES string of the molecule is CCC(C)C1=C(C/C=C(\C)c2ccccc2)CC=CC=C1c1ccccc1C. The summed E-state index contributed by atoms with van der Waals surface area (Å²) in [5, 5.41) is 0.